The molecule has 0 aliphatic heterocycles. The molecule has 136 valence electrons. The second-order valence-electron chi connectivity index (χ2n) is 8.72. The Labute approximate surface area is 143 Å². The van der Waals surface area contributed by atoms with Crippen molar-refractivity contribution in [2.24, 2.45) is 17.8 Å². The Balaban J connectivity index is 2.32. The third-order valence-electron chi connectivity index (χ3n) is 4.77. The monoisotopic (exact) mass is 326 g/mol. The maximum absolute atomic E-state index is 11.8. The van der Waals surface area contributed by atoms with Crippen LogP contribution in [0.2, 0.25) is 0 Å². The first-order chi connectivity index (χ1) is 10.6. The van der Waals surface area contributed by atoms with Crippen LogP contribution in [0, 0.1) is 17.8 Å². The van der Waals surface area contributed by atoms with Crippen LogP contribution in [0.5, 0.6) is 0 Å². The van der Waals surface area contributed by atoms with Gasteiger partial charge in [0.15, 0.2) is 0 Å². The summed E-state index contributed by atoms with van der Waals surface area (Å²) in [6, 6.07) is 0.739. The van der Waals surface area contributed by atoms with Gasteiger partial charge in [-0.2, -0.15) is 0 Å². The maximum atomic E-state index is 11.8. The fourth-order valence-corrected chi connectivity index (χ4v) is 3.50. The molecule has 23 heavy (non-hydrogen) atoms. The molecule has 1 aliphatic carbocycles. The third kappa shape index (κ3) is 8.05. The molecule has 1 rings (SSSR count). The van der Waals surface area contributed by atoms with Crippen molar-refractivity contribution >= 4 is 6.09 Å². The molecule has 0 heterocycles. The predicted molar refractivity (Wildman–Crippen MR) is 96.6 cm³/mol. The minimum absolute atomic E-state index is 0.121. The van der Waals surface area contributed by atoms with Crippen molar-refractivity contribution in [1.29, 1.82) is 0 Å². The molecule has 0 aromatic rings. The van der Waals surface area contributed by atoms with Crippen LogP contribution in [0.3, 0.4) is 0 Å². The van der Waals surface area contributed by atoms with Gasteiger partial charge in [-0.25, -0.2) is 4.79 Å². The second-order valence-corrected chi connectivity index (χ2v) is 8.72. The number of nitrogens with one attached hydrogen (secondary N) is 2. The molecule has 4 heteroatoms. The summed E-state index contributed by atoms with van der Waals surface area (Å²) in [5, 5.41) is 6.66. The third-order valence-corrected chi connectivity index (χ3v) is 4.77. The number of carbonyl (C=O) groups is 1. The van der Waals surface area contributed by atoms with E-state index >= 15 is 0 Å². The normalized spacial score (nSPS) is 26.9. The van der Waals surface area contributed by atoms with Crippen molar-refractivity contribution in [3.05, 3.63) is 0 Å². The standard InChI is InChI=1S/C19H38N2O2/c1-13(2)16-9-8-14(3)12-17(16)20-11-10-15(4)21-18(22)23-19(5,6)7/h13-17,20H,8-12H2,1-7H3,(H,21,22). The van der Waals surface area contributed by atoms with Crippen LogP contribution in [0.4, 0.5) is 4.79 Å². The van der Waals surface area contributed by atoms with E-state index in [-0.39, 0.29) is 12.1 Å². The summed E-state index contributed by atoms with van der Waals surface area (Å²) in [4.78, 5) is 11.8. The SMILES string of the molecule is CC1CCC(C(C)C)C(NCCC(C)NC(=O)OC(C)(C)C)C1. The van der Waals surface area contributed by atoms with Gasteiger partial charge in [0.25, 0.3) is 0 Å². The van der Waals surface area contributed by atoms with E-state index in [0.717, 1.165) is 30.7 Å². The van der Waals surface area contributed by atoms with Crippen LogP contribution in [-0.4, -0.2) is 30.3 Å². The van der Waals surface area contributed by atoms with Gasteiger partial charge in [0, 0.05) is 12.1 Å². The molecule has 1 fully saturated rings. The van der Waals surface area contributed by atoms with E-state index in [4.69, 9.17) is 4.74 Å². The molecule has 1 saturated carbocycles. The lowest BCUT2D eigenvalue weighted by Crippen LogP contribution is -2.45. The first kappa shape index (κ1) is 20.3. The molecule has 0 spiro atoms. The molecular formula is C19H38N2O2. The summed E-state index contributed by atoms with van der Waals surface area (Å²) in [5.41, 5.74) is -0.440. The van der Waals surface area contributed by atoms with Crippen LogP contribution < -0.4 is 10.6 Å². The Kier molecular flexibility index (Phi) is 7.85. The molecule has 0 aromatic heterocycles. The average molecular weight is 327 g/mol. The van der Waals surface area contributed by atoms with Crippen molar-refractivity contribution in [1.82, 2.24) is 10.6 Å². The molecule has 4 unspecified atom stereocenters. The summed E-state index contributed by atoms with van der Waals surface area (Å²) in [7, 11) is 0. The van der Waals surface area contributed by atoms with Crippen molar-refractivity contribution in [3.8, 4) is 0 Å². The molecule has 1 aliphatic rings. The van der Waals surface area contributed by atoms with Gasteiger partial charge in [-0.3, -0.25) is 0 Å². The Morgan fingerprint density at radius 1 is 1.22 bits per heavy atom. The van der Waals surface area contributed by atoms with E-state index in [2.05, 4.69) is 31.4 Å². The highest BCUT2D eigenvalue weighted by molar-refractivity contribution is 5.67. The molecule has 0 saturated heterocycles. The van der Waals surface area contributed by atoms with E-state index in [9.17, 15) is 4.79 Å². The van der Waals surface area contributed by atoms with Gasteiger partial charge in [0.1, 0.15) is 5.60 Å². The van der Waals surface area contributed by atoms with Crippen LogP contribution in [0.25, 0.3) is 0 Å². The fourth-order valence-electron chi connectivity index (χ4n) is 3.50. The van der Waals surface area contributed by atoms with E-state index in [1.807, 2.05) is 27.7 Å². The van der Waals surface area contributed by atoms with Gasteiger partial charge in [-0.15, -0.1) is 0 Å². The highest BCUT2D eigenvalue weighted by Gasteiger charge is 2.30. The maximum Gasteiger partial charge on any atom is 0.407 e. The summed E-state index contributed by atoms with van der Waals surface area (Å²) in [5.74, 6) is 2.33. The molecular weight excluding hydrogens is 288 g/mol. The van der Waals surface area contributed by atoms with E-state index in [1.54, 1.807) is 0 Å². The van der Waals surface area contributed by atoms with Crippen LogP contribution in [0.1, 0.15) is 74.1 Å². The van der Waals surface area contributed by atoms with Gasteiger partial charge in [0.2, 0.25) is 0 Å². The summed E-state index contributed by atoms with van der Waals surface area (Å²) < 4.78 is 5.30. The summed E-state index contributed by atoms with van der Waals surface area (Å²) in [6.45, 7) is 15.7. The number of amides is 1. The quantitative estimate of drug-likeness (QED) is 0.763. The van der Waals surface area contributed by atoms with E-state index < -0.39 is 5.60 Å². The topological polar surface area (TPSA) is 50.4 Å². The number of ether oxygens (including phenoxy) is 1. The van der Waals surface area contributed by atoms with Gasteiger partial charge in [-0.1, -0.05) is 27.2 Å². The first-order valence-corrected chi connectivity index (χ1v) is 9.31. The molecule has 0 aromatic carbocycles. The molecule has 4 atom stereocenters. The highest BCUT2D eigenvalue weighted by Crippen LogP contribution is 2.33. The Hall–Kier alpha value is -0.770. The Morgan fingerprint density at radius 3 is 2.43 bits per heavy atom. The summed E-state index contributed by atoms with van der Waals surface area (Å²) in [6.07, 6.45) is 4.57. The second kappa shape index (κ2) is 8.91. The fraction of sp³-hybridized carbons (Fsp3) is 0.947. The lowest BCUT2D eigenvalue weighted by molar-refractivity contribution is 0.0506. The van der Waals surface area contributed by atoms with Gasteiger partial charge in [0.05, 0.1) is 0 Å². The number of carbonyl (C=O) groups excluding carboxylic acids is 1. The van der Waals surface area contributed by atoms with Crippen molar-refractivity contribution in [2.45, 2.75) is 91.8 Å². The van der Waals surface area contributed by atoms with Crippen molar-refractivity contribution in [3.63, 3.8) is 0 Å². The lowest BCUT2D eigenvalue weighted by atomic mass is 9.74. The Morgan fingerprint density at radius 2 is 1.87 bits per heavy atom. The lowest BCUT2D eigenvalue weighted by Gasteiger charge is -2.38. The van der Waals surface area contributed by atoms with Crippen LogP contribution >= 0.6 is 0 Å². The summed E-state index contributed by atoms with van der Waals surface area (Å²) >= 11 is 0. The van der Waals surface area contributed by atoms with E-state index in [1.165, 1.54) is 19.3 Å². The zero-order chi connectivity index (χ0) is 17.6. The van der Waals surface area contributed by atoms with Gasteiger partial charge in [-0.05, 0) is 71.3 Å². The van der Waals surface area contributed by atoms with Crippen LogP contribution in [-0.2, 0) is 4.74 Å². The number of alkyl carbamates (subject to hydrolysis) is 1. The van der Waals surface area contributed by atoms with Gasteiger partial charge < -0.3 is 15.4 Å². The zero-order valence-electron chi connectivity index (χ0n) is 16.2. The number of hydrogen-bond acceptors (Lipinski definition) is 3. The average Bonchev–Trinajstić information content (AvgIpc) is 2.35. The minimum Gasteiger partial charge on any atom is -0.444 e. The number of hydrogen-bond donors (Lipinski definition) is 2. The smallest absolute Gasteiger partial charge is 0.407 e. The highest BCUT2D eigenvalue weighted by atomic mass is 16.6. The zero-order valence-corrected chi connectivity index (χ0v) is 16.2. The number of rotatable bonds is 6. The van der Waals surface area contributed by atoms with Gasteiger partial charge >= 0.3 is 6.09 Å². The minimum atomic E-state index is -0.440. The molecule has 2 N–H and O–H groups in total. The van der Waals surface area contributed by atoms with E-state index in [0.29, 0.717) is 6.04 Å². The predicted octanol–water partition coefficient (Wildman–Crippen LogP) is 4.34. The largest absolute Gasteiger partial charge is 0.444 e. The van der Waals surface area contributed by atoms with Crippen molar-refractivity contribution in [2.75, 3.05) is 6.54 Å². The molecule has 0 radical (unpaired) electrons. The van der Waals surface area contributed by atoms with Crippen LogP contribution in [0.15, 0.2) is 0 Å². The molecule has 0 bridgehead atoms. The molecule has 4 nitrogen and oxygen atoms in total. The molecule has 1 amide bonds. The van der Waals surface area contributed by atoms with Crippen molar-refractivity contribution < 1.29 is 9.53 Å². The first-order valence-electron chi connectivity index (χ1n) is 9.31. The Bertz CT molecular complexity index is 363.